The van der Waals surface area contributed by atoms with Gasteiger partial charge in [0.1, 0.15) is 6.54 Å². The van der Waals surface area contributed by atoms with Crippen molar-refractivity contribution in [3.05, 3.63) is 40.8 Å². The van der Waals surface area contributed by atoms with Gasteiger partial charge in [0.25, 0.3) is 5.91 Å². The molecule has 4 fully saturated rings. The van der Waals surface area contributed by atoms with E-state index < -0.39 is 11.6 Å². The van der Waals surface area contributed by atoms with Crippen LogP contribution in [0.2, 0.25) is 0 Å². The van der Waals surface area contributed by atoms with Crippen LogP contribution < -0.4 is 22.3 Å². The van der Waals surface area contributed by atoms with Crippen LogP contribution in [0.3, 0.4) is 0 Å². The molecule has 8 nitrogen and oxygen atoms in total. The number of rotatable bonds is 7. The van der Waals surface area contributed by atoms with E-state index in [1.54, 1.807) is 18.5 Å². The number of quaternary nitrogens is 1. The highest BCUT2D eigenvalue weighted by Gasteiger charge is 2.53. The third-order valence-corrected chi connectivity index (χ3v) is 8.50. The van der Waals surface area contributed by atoms with E-state index >= 15 is 0 Å². The number of carbonyl (C=O) groups is 2. The molecular formula is C24H31BrN4O4S. The Kier molecular flexibility index (Phi) is 7.71. The zero-order valence-corrected chi connectivity index (χ0v) is 21.5. The van der Waals surface area contributed by atoms with Crippen molar-refractivity contribution in [2.24, 2.45) is 11.8 Å². The minimum atomic E-state index is -1.59. The standard InChI is InChI=1S/C24H30N4O4S.BrH/c29-21(27-23-25-9-3-10-26-23)15-28-11-6-17(7-12-28)20(14-28)32-22(30)24(31,18-4-1-2-5-18)19-8-13-33-16-19;/h3,8-10,13,16-18,20,31H,1-2,4-7,11-12,14-15H2;1H/t17?,20?,24-,28?;/m1./s1. The highest BCUT2D eigenvalue weighted by molar-refractivity contribution is 7.08. The van der Waals surface area contributed by atoms with Crippen molar-refractivity contribution in [2.45, 2.75) is 50.2 Å². The predicted octanol–water partition coefficient (Wildman–Crippen LogP) is -0.289. The molecule has 34 heavy (non-hydrogen) atoms. The maximum atomic E-state index is 13.5. The van der Waals surface area contributed by atoms with Gasteiger partial charge >= 0.3 is 5.97 Å². The first-order valence-electron chi connectivity index (χ1n) is 11.9. The summed E-state index contributed by atoms with van der Waals surface area (Å²) in [6.45, 7) is 2.68. The summed E-state index contributed by atoms with van der Waals surface area (Å²) >= 11 is 1.48. The van der Waals surface area contributed by atoms with Crippen molar-refractivity contribution in [1.82, 2.24) is 9.97 Å². The third-order valence-electron chi connectivity index (χ3n) is 7.81. The fraction of sp³-hybridized carbons (Fsp3) is 0.583. The van der Waals surface area contributed by atoms with E-state index in [-0.39, 0.29) is 40.8 Å². The molecule has 0 radical (unpaired) electrons. The third kappa shape index (κ3) is 4.91. The van der Waals surface area contributed by atoms with Gasteiger partial charge < -0.3 is 31.3 Å². The number of esters is 1. The lowest BCUT2D eigenvalue weighted by atomic mass is 9.80. The largest absolute Gasteiger partial charge is 1.00 e. The molecule has 1 aliphatic carbocycles. The van der Waals surface area contributed by atoms with E-state index in [0.717, 1.165) is 51.6 Å². The second kappa shape index (κ2) is 10.4. The Balaban J connectivity index is 0.00000274. The molecule has 3 saturated heterocycles. The minimum absolute atomic E-state index is 0. The maximum Gasteiger partial charge on any atom is 0.343 e. The van der Waals surface area contributed by atoms with Crippen LogP contribution in [0.4, 0.5) is 5.95 Å². The minimum Gasteiger partial charge on any atom is -1.00 e. The second-order valence-electron chi connectivity index (χ2n) is 9.79. The molecule has 0 aromatic carbocycles. The number of hydrogen-bond acceptors (Lipinski definition) is 7. The van der Waals surface area contributed by atoms with Gasteiger partial charge in [-0.2, -0.15) is 11.3 Å². The summed E-state index contributed by atoms with van der Waals surface area (Å²) in [5.74, 6) is -0.183. The Labute approximate surface area is 214 Å². The van der Waals surface area contributed by atoms with E-state index in [4.69, 9.17) is 4.74 Å². The molecular weight excluding hydrogens is 520 g/mol. The summed E-state index contributed by atoms with van der Waals surface area (Å²) in [5, 5.41) is 18.2. The Morgan fingerprint density at radius 3 is 2.53 bits per heavy atom. The van der Waals surface area contributed by atoms with Crippen molar-refractivity contribution in [1.29, 1.82) is 0 Å². The maximum absolute atomic E-state index is 13.5. The van der Waals surface area contributed by atoms with Crippen molar-refractivity contribution < 1.29 is 40.9 Å². The van der Waals surface area contributed by atoms with Crippen LogP contribution in [0, 0.1) is 11.8 Å². The summed E-state index contributed by atoms with van der Waals surface area (Å²) in [5.41, 5.74) is -0.938. The van der Waals surface area contributed by atoms with Crippen LogP contribution in [-0.2, 0) is 19.9 Å². The van der Waals surface area contributed by atoms with E-state index in [1.807, 2.05) is 16.8 Å². The highest BCUT2D eigenvalue weighted by Crippen LogP contribution is 2.43. The number of fused-ring (bicyclic) bond motifs is 3. The lowest BCUT2D eigenvalue weighted by molar-refractivity contribution is -0.939. The lowest BCUT2D eigenvalue weighted by Gasteiger charge is -2.51. The molecule has 5 heterocycles. The van der Waals surface area contributed by atoms with Gasteiger partial charge in [-0.25, -0.2) is 14.8 Å². The molecule has 3 aliphatic heterocycles. The first-order chi connectivity index (χ1) is 16.0. The van der Waals surface area contributed by atoms with Gasteiger partial charge in [0.05, 0.1) is 13.1 Å². The van der Waals surface area contributed by atoms with Crippen molar-refractivity contribution >= 4 is 29.2 Å². The summed E-state index contributed by atoms with van der Waals surface area (Å²) in [7, 11) is 0. The van der Waals surface area contributed by atoms with Crippen LogP contribution >= 0.6 is 11.3 Å². The molecule has 1 unspecified atom stereocenters. The average molecular weight is 552 g/mol. The number of nitrogens with zero attached hydrogens (tertiary/aromatic N) is 3. The molecule has 10 heteroatoms. The SMILES string of the molecule is O=C(C[N+]12CCC(CC1)C(OC(=O)[C@](O)(c1ccsc1)C1CCCC1)C2)Nc1ncccn1.[Br-]. The fourth-order valence-corrected chi connectivity index (χ4v) is 6.69. The Morgan fingerprint density at radius 2 is 1.88 bits per heavy atom. The molecule has 6 rings (SSSR count). The number of ether oxygens (including phenoxy) is 1. The van der Waals surface area contributed by atoms with Gasteiger partial charge in [-0.05, 0) is 35.7 Å². The fourth-order valence-electron chi connectivity index (χ4n) is 5.98. The molecule has 1 amide bonds. The van der Waals surface area contributed by atoms with Gasteiger partial charge in [0, 0.05) is 42.6 Å². The van der Waals surface area contributed by atoms with Crippen LogP contribution in [-0.4, -0.2) is 63.7 Å². The van der Waals surface area contributed by atoms with Gasteiger partial charge in [0.2, 0.25) is 5.95 Å². The summed E-state index contributed by atoms with van der Waals surface area (Å²) in [6.07, 6.45) is 8.43. The van der Waals surface area contributed by atoms with E-state index in [2.05, 4.69) is 15.3 Å². The molecule has 0 spiro atoms. The first-order valence-corrected chi connectivity index (χ1v) is 12.8. The number of hydrogen-bond donors (Lipinski definition) is 2. The molecule has 2 aromatic heterocycles. The zero-order chi connectivity index (χ0) is 22.9. The Bertz CT molecular complexity index is 978. The van der Waals surface area contributed by atoms with Crippen LogP contribution in [0.25, 0.3) is 0 Å². The van der Waals surface area contributed by atoms with Gasteiger partial charge in [-0.3, -0.25) is 10.1 Å². The number of thiophene rings is 1. The molecule has 2 aromatic rings. The molecule has 2 N–H and O–H groups in total. The topological polar surface area (TPSA) is 101 Å². The van der Waals surface area contributed by atoms with Crippen LogP contribution in [0.5, 0.6) is 0 Å². The first kappa shape index (κ1) is 25.2. The van der Waals surface area contributed by atoms with Gasteiger partial charge in [-0.1, -0.05) is 12.8 Å². The van der Waals surface area contributed by atoms with Crippen molar-refractivity contribution in [3.8, 4) is 0 Å². The summed E-state index contributed by atoms with van der Waals surface area (Å²) in [6, 6.07) is 3.54. The number of aliphatic hydroxyl groups is 1. The molecule has 2 bridgehead atoms. The van der Waals surface area contributed by atoms with Crippen molar-refractivity contribution in [3.63, 3.8) is 0 Å². The quantitative estimate of drug-likeness (QED) is 0.363. The van der Waals surface area contributed by atoms with Crippen molar-refractivity contribution in [2.75, 3.05) is 31.5 Å². The number of aromatic nitrogens is 2. The highest BCUT2D eigenvalue weighted by atomic mass is 79.9. The number of halogens is 1. The number of anilines is 1. The molecule has 184 valence electrons. The number of piperidine rings is 3. The Morgan fingerprint density at radius 1 is 1.18 bits per heavy atom. The van der Waals surface area contributed by atoms with Crippen LogP contribution in [0.15, 0.2) is 35.3 Å². The van der Waals surface area contributed by atoms with Gasteiger partial charge in [0.15, 0.2) is 18.2 Å². The normalized spacial score (nSPS) is 28.0. The van der Waals surface area contributed by atoms with Crippen LogP contribution in [0.1, 0.15) is 44.1 Å². The average Bonchev–Trinajstić information content (AvgIpc) is 3.54. The monoisotopic (exact) mass is 550 g/mol. The summed E-state index contributed by atoms with van der Waals surface area (Å²) < 4.78 is 6.69. The number of amides is 1. The second-order valence-corrected chi connectivity index (χ2v) is 10.6. The molecule has 4 aliphatic rings. The van der Waals surface area contributed by atoms with Gasteiger partial charge in [-0.15, -0.1) is 0 Å². The summed E-state index contributed by atoms with van der Waals surface area (Å²) in [4.78, 5) is 34.4. The number of nitrogens with one attached hydrogen (secondary N) is 1. The predicted molar refractivity (Wildman–Crippen MR) is 123 cm³/mol. The smallest absolute Gasteiger partial charge is 0.343 e. The molecule has 2 atom stereocenters. The lowest BCUT2D eigenvalue weighted by Crippen LogP contribution is -3.00. The Hall–Kier alpha value is -1.88. The van der Waals surface area contributed by atoms with E-state index in [9.17, 15) is 14.7 Å². The van der Waals surface area contributed by atoms with E-state index in [1.165, 1.54) is 11.3 Å². The number of carbonyl (C=O) groups excluding carboxylic acids is 2. The zero-order valence-electron chi connectivity index (χ0n) is 19.1. The van der Waals surface area contributed by atoms with E-state index in [0.29, 0.717) is 29.1 Å². The molecule has 1 saturated carbocycles.